The quantitative estimate of drug-likeness (QED) is 0.902. The summed E-state index contributed by atoms with van der Waals surface area (Å²) in [6.07, 6.45) is 0.0439. The van der Waals surface area contributed by atoms with E-state index in [4.69, 9.17) is 21.4 Å². The molecule has 0 bridgehead atoms. The van der Waals surface area contributed by atoms with Gasteiger partial charge in [0.05, 0.1) is 16.7 Å². The molecule has 0 fully saturated rings. The highest BCUT2D eigenvalue weighted by Gasteiger charge is 2.13. The Kier molecular flexibility index (Phi) is 4.30. The summed E-state index contributed by atoms with van der Waals surface area (Å²) < 4.78 is 5.75. The van der Waals surface area contributed by atoms with E-state index in [1.807, 2.05) is 38.1 Å². The molecule has 4 heteroatoms. The molecule has 3 nitrogen and oxygen atoms in total. The van der Waals surface area contributed by atoms with Crippen LogP contribution in [0.5, 0.6) is 5.75 Å². The van der Waals surface area contributed by atoms with Gasteiger partial charge in [-0.25, -0.2) is 4.79 Å². The van der Waals surface area contributed by atoms with Crippen LogP contribution in [0.4, 0.5) is 0 Å². The van der Waals surface area contributed by atoms with Gasteiger partial charge in [0.25, 0.3) is 0 Å². The molecule has 0 atom stereocenters. The van der Waals surface area contributed by atoms with Crippen molar-refractivity contribution in [3.63, 3.8) is 0 Å². The summed E-state index contributed by atoms with van der Waals surface area (Å²) in [6, 6.07) is 12.5. The van der Waals surface area contributed by atoms with E-state index in [2.05, 4.69) is 0 Å². The third kappa shape index (κ3) is 3.11. The summed E-state index contributed by atoms with van der Waals surface area (Å²) >= 11 is 5.89. The number of hydrogen-bond acceptors (Lipinski definition) is 2. The van der Waals surface area contributed by atoms with Crippen LogP contribution >= 0.6 is 11.6 Å². The lowest BCUT2D eigenvalue weighted by molar-refractivity contribution is 0.0697. The SMILES string of the molecule is CC(C)Oc1ccccc1-c1ccc(Cl)c(C(=O)O)c1. The van der Waals surface area contributed by atoms with Gasteiger partial charge in [-0.05, 0) is 37.6 Å². The fraction of sp³-hybridized carbons (Fsp3) is 0.188. The van der Waals surface area contributed by atoms with Crippen LogP contribution in [0.25, 0.3) is 11.1 Å². The Bertz CT molecular complexity index is 635. The maximum Gasteiger partial charge on any atom is 0.337 e. The van der Waals surface area contributed by atoms with Crippen LogP contribution in [0.3, 0.4) is 0 Å². The summed E-state index contributed by atoms with van der Waals surface area (Å²) in [5, 5.41) is 9.36. The number of para-hydroxylation sites is 1. The second-order valence-electron chi connectivity index (χ2n) is 4.66. The van der Waals surface area contributed by atoms with E-state index in [1.54, 1.807) is 18.2 Å². The number of carboxylic acid groups (broad SMARTS) is 1. The van der Waals surface area contributed by atoms with Crippen molar-refractivity contribution >= 4 is 17.6 Å². The molecule has 2 aromatic carbocycles. The van der Waals surface area contributed by atoms with Crippen molar-refractivity contribution in [2.75, 3.05) is 0 Å². The summed E-state index contributed by atoms with van der Waals surface area (Å²) in [5.41, 5.74) is 1.70. The number of ether oxygens (including phenoxy) is 1. The molecule has 0 spiro atoms. The third-order valence-corrected chi connectivity index (χ3v) is 3.09. The molecule has 0 saturated carbocycles. The highest BCUT2D eigenvalue weighted by atomic mass is 35.5. The Hall–Kier alpha value is -2.00. The van der Waals surface area contributed by atoms with Crippen molar-refractivity contribution < 1.29 is 14.6 Å². The van der Waals surface area contributed by atoms with Gasteiger partial charge >= 0.3 is 5.97 Å². The van der Waals surface area contributed by atoms with Crippen LogP contribution in [-0.2, 0) is 0 Å². The number of aromatic carboxylic acids is 1. The van der Waals surface area contributed by atoms with E-state index in [0.29, 0.717) is 0 Å². The first kappa shape index (κ1) is 14.4. The molecule has 1 N–H and O–H groups in total. The first-order valence-corrected chi connectivity index (χ1v) is 6.65. The predicted octanol–water partition coefficient (Wildman–Crippen LogP) is 4.49. The number of hydrogen-bond donors (Lipinski definition) is 1. The zero-order chi connectivity index (χ0) is 14.7. The summed E-state index contributed by atoms with van der Waals surface area (Å²) in [5.74, 6) is -0.319. The molecule has 0 aromatic heterocycles. The van der Waals surface area contributed by atoms with Gasteiger partial charge in [0.1, 0.15) is 5.75 Å². The topological polar surface area (TPSA) is 46.5 Å². The van der Waals surface area contributed by atoms with E-state index in [-0.39, 0.29) is 16.7 Å². The lowest BCUT2D eigenvalue weighted by atomic mass is 10.0. The minimum Gasteiger partial charge on any atom is -0.490 e. The minimum atomic E-state index is -1.04. The number of benzene rings is 2. The molecule has 0 unspecified atom stereocenters. The van der Waals surface area contributed by atoms with Gasteiger partial charge < -0.3 is 9.84 Å². The number of rotatable bonds is 4. The van der Waals surface area contributed by atoms with Crippen LogP contribution in [0.15, 0.2) is 42.5 Å². The van der Waals surface area contributed by atoms with Gasteiger partial charge in [0.2, 0.25) is 0 Å². The third-order valence-electron chi connectivity index (χ3n) is 2.76. The lowest BCUT2D eigenvalue weighted by Gasteiger charge is -2.14. The Morgan fingerprint density at radius 2 is 1.90 bits per heavy atom. The van der Waals surface area contributed by atoms with Gasteiger partial charge in [0, 0.05) is 5.56 Å². The van der Waals surface area contributed by atoms with Gasteiger partial charge in [-0.1, -0.05) is 35.9 Å². The molecule has 0 aliphatic rings. The zero-order valence-electron chi connectivity index (χ0n) is 11.3. The normalized spacial score (nSPS) is 10.6. The number of carboxylic acids is 1. The monoisotopic (exact) mass is 290 g/mol. The highest BCUT2D eigenvalue weighted by molar-refractivity contribution is 6.33. The Balaban J connectivity index is 2.51. The first-order chi connectivity index (χ1) is 9.49. The van der Waals surface area contributed by atoms with Crippen molar-refractivity contribution in [3.8, 4) is 16.9 Å². The van der Waals surface area contributed by atoms with Crippen molar-refractivity contribution in [1.82, 2.24) is 0 Å². The second-order valence-corrected chi connectivity index (χ2v) is 5.07. The van der Waals surface area contributed by atoms with Crippen LogP contribution in [-0.4, -0.2) is 17.2 Å². The van der Waals surface area contributed by atoms with Crippen LogP contribution < -0.4 is 4.74 Å². The van der Waals surface area contributed by atoms with E-state index in [9.17, 15) is 4.79 Å². The van der Waals surface area contributed by atoms with Crippen molar-refractivity contribution in [2.24, 2.45) is 0 Å². The molecule has 2 aromatic rings. The van der Waals surface area contributed by atoms with Crippen molar-refractivity contribution in [1.29, 1.82) is 0 Å². The van der Waals surface area contributed by atoms with Crippen LogP contribution in [0, 0.1) is 0 Å². The maximum absolute atomic E-state index is 11.2. The standard InChI is InChI=1S/C16H15ClO3/c1-10(2)20-15-6-4-3-5-12(15)11-7-8-14(17)13(9-11)16(18)19/h3-10H,1-2H3,(H,18,19). The summed E-state index contributed by atoms with van der Waals surface area (Å²) in [6.45, 7) is 3.89. The second kappa shape index (κ2) is 5.97. The smallest absolute Gasteiger partial charge is 0.337 e. The molecule has 0 heterocycles. The van der Waals surface area contributed by atoms with Crippen LogP contribution in [0.1, 0.15) is 24.2 Å². The highest BCUT2D eigenvalue weighted by Crippen LogP contribution is 2.32. The Morgan fingerprint density at radius 1 is 1.20 bits per heavy atom. The first-order valence-electron chi connectivity index (χ1n) is 6.28. The zero-order valence-corrected chi connectivity index (χ0v) is 12.0. The van der Waals surface area contributed by atoms with E-state index >= 15 is 0 Å². The molecule has 0 saturated heterocycles. The lowest BCUT2D eigenvalue weighted by Crippen LogP contribution is -2.06. The fourth-order valence-electron chi connectivity index (χ4n) is 1.92. The number of halogens is 1. The molecule has 2 rings (SSSR count). The molecular formula is C16H15ClO3. The van der Waals surface area contributed by atoms with Gasteiger partial charge in [-0.2, -0.15) is 0 Å². The Labute approximate surface area is 122 Å². The van der Waals surface area contributed by atoms with E-state index < -0.39 is 5.97 Å². The average molecular weight is 291 g/mol. The molecule has 0 aliphatic heterocycles. The largest absolute Gasteiger partial charge is 0.490 e. The number of carbonyl (C=O) groups is 1. The predicted molar refractivity (Wildman–Crippen MR) is 79.6 cm³/mol. The maximum atomic E-state index is 11.2. The summed E-state index contributed by atoms with van der Waals surface area (Å²) in [7, 11) is 0. The average Bonchev–Trinajstić information content (AvgIpc) is 2.39. The van der Waals surface area contributed by atoms with Gasteiger partial charge in [-0.3, -0.25) is 0 Å². The van der Waals surface area contributed by atoms with Crippen LogP contribution in [0.2, 0.25) is 5.02 Å². The van der Waals surface area contributed by atoms with Crippen molar-refractivity contribution in [2.45, 2.75) is 20.0 Å². The van der Waals surface area contributed by atoms with Gasteiger partial charge in [0.15, 0.2) is 0 Å². The fourth-order valence-corrected chi connectivity index (χ4v) is 2.12. The molecule has 20 heavy (non-hydrogen) atoms. The van der Waals surface area contributed by atoms with E-state index in [1.165, 1.54) is 0 Å². The van der Waals surface area contributed by atoms with E-state index in [0.717, 1.165) is 16.9 Å². The molecule has 104 valence electrons. The molecule has 0 aliphatic carbocycles. The Morgan fingerprint density at radius 3 is 2.55 bits per heavy atom. The molecule has 0 radical (unpaired) electrons. The van der Waals surface area contributed by atoms with Crippen molar-refractivity contribution in [3.05, 3.63) is 53.1 Å². The minimum absolute atomic E-state index is 0.0439. The van der Waals surface area contributed by atoms with Gasteiger partial charge in [-0.15, -0.1) is 0 Å². The summed E-state index contributed by atoms with van der Waals surface area (Å²) in [4.78, 5) is 11.2. The molecule has 0 amide bonds. The molecular weight excluding hydrogens is 276 g/mol.